The van der Waals surface area contributed by atoms with Crippen LogP contribution >= 0.6 is 0 Å². The van der Waals surface area contributed by atoms with Gasteiger partial charge in [-0.1, -0.05) is 39.5 Å². The molecule has 2 aliphatic rings. The Morgan fingerprint density at radius 2 is 1.94 bits per heavy atom. The molecule has 2 fully saturated rings. The molecule has 18 heavy (non-hydrogen) atoms. The van der Waals surface area contributed by atoms with Crippen molar-refractivity contribution in [2.75, 3.05) is 19.6 Å². The molecule has 1 aliphatic heterocycles. The van der Waals surface area contributed by atoms with Gasteiger partial charge in [0.2, 0.25) is 0 Å². The van der Waals surface area contributed by atoms with Crippen molar-refractivity contribution < 1.29 is 0 Å². The molecular formula is C16H32N2. The first-order chi connectivity index (χ1) is 8.67. The average Bonchev–Trinajstić information content (AvgIpc) is 2.90. The fraction of sp³-hybridized carbons (Fsp3) is 1.00. The molecule has 2 heteroatoms. The standard InChI is InChI=1S/C16H32N2/c1-4-15-12-17-16(3,5-2)13-18(15)11-10-14-8-6-7-9-14/h14-15,17H,4-13H2,1-3H3. The van der Waals surface area contributed by atoms with Gasteiger partial charge in [0.15, 0.2) is 0 Å². The first kappa shape index (κ1) is 14.3. The maximum Gasteiger partial charge on any atom is 0.0278 e. The largest absolute Gasteiger partial charge is 0.309 e. The number of rotatable bonds is 5. The van der Waals surface area contributed by atoms with Gasteiger partial charge >= 0.3 is 0 Å². The summed E-state index contributed by atoms with van der Waals surface area (Å²) >= 11 is 0. The number of hydrogen-bond acceptors (Lipinski definition) is 2. The zero-order valence-electron chi connectivity index (χ0n) is 12.7. The highest BCUT2D eigenvalue weighted by Gasteiger charge is 2.33. The molecule has 1 saturated carbocycles. The molecule has 1 heterocycles. The predicted octanol–water partition coefficient (Wildman–Crippen LogP) is 3.42. The van der Waals surface area contributed by atoms with E-state index in [9.17, 15) is 0 Å². The van der Waals surface area contributed by atoms with Gasteiger partial charge in [-0.15, -0.1) is 0 Å². The summed E-state index contributed by atoms with van der Waals surface area (Å²) in [4.78, 5) is 2.78. The van der Waals surface area contributed by atoms with Gasteiger partial charge in [-0.25, -0.2) is 0 Å². The van der Waals surface area contributed by atoms with E-state index in [4.69, 9.17) is 0 Å². The van der Waals surface area contributed by atoms with Gasteiger partial charge < -0.3 is 5.32 Å². The number of hydrogen-bond donors (Lipinski definition) is 1. The van der Waals surface area contributed by atoms with E-state index in [1.54, 1.807) is 0 Å². The van der Waals surface area contributed by atoms with Crippen LogP contribution < -0.4 is 5.32 Å². The molecule has 2 atom stereocenters. The Morgan fingerprint density at radius 1 is 1.22 bits per heavy atom. The van der Waals surface area contributed by atoms with Crippen molar-refractivity contribution in [2.24, 2.45) is 5.92 Å². The molecule has 106 valence electrons. The summed E-state index contributed by atoms with van der Waals surface area (Å²) in [5.41, 5.74) is 0.349. The summed E-state index contributed by atoms with van der Waals surface area (Å²) in [6, 6.07) is 0.769. The van der Waals surface area contributed by atoms with Crippen LogP contribution in [-0.2, 0) is 0 Å². The van der Waals surface area contributed by atoms with E-state index in [0.29, 0.717) is 5.54 Å². The predicted molar refractivity (Wildman–Crippen MR) is 78.9 cm³/mol. The first-order valence-electron chi connectivity index (χ1n) is 8.16. The Morgan fingerprint density at radius 3 is 2.56 bits per heavy atom. The van der Waals surface area contributed by atoms with Crippen LogP contribution in [0, 0.1) is 5.92 Å². The van der Waals surface area contributed by atoms with Crippen molar-refractivity contribution in [1.82, 2.24) is 10.2 Å². The Balaban J connectivity index is 1.85. The van der Waals surface area contributed by atoms with Gasteiger partial charge in [-0.05, 0) is 38.6 Å². The molecule has 1 saturated heterocycles. The third-order valence-electron chi connectivity index (χ3n) is 5.38. The first-order valence-corrected chi connectivity index (χ1v) is 8.16. The SMILES string of the molecule is CCC1CNC(C)(CC)CN1CCC1CCCC1. The van der Waals surface area contributed by atoms with Gasteiger partial charge in [0, 0.05) is 24.7 Å². The van der Waals surface area contributed by atoms with Crippen LogP contribution in [0.2, 0.25) is 0 Å². The van der Waals surface area contributed by atoms with Crippen LogP contribution in [0.25, 0.3) is 0 Å². The minimum Gasteiger partial charge on any atom is -0.309 e. The monoisotopic (exact) mass is 252 g/mol. The molecule has 2 nitrogen and oxygen atoms in total. The van der Waals surface area contributed by atoms with Gasteiger partial charge in [0.05, 0.1) is 0 Å². The highest BCUT2D eigenvalue weighted by atomic mass is 15.2. The summed E-state index contributed by atoms with van der Waals surface area (Å²) in [7, 11) is 0. The van der Waals surface area contributed by atoms with E-state index >= 15 is 0 Å². The Bertz CT molecular complexity index is 247. The lowest BCUT2D eigenvalue weighted by Gasteiger charge is -2.46. The normalized spacial score (nSPS) is 35.2. The Kier molecular flexibility index (Phi) is 5.08. The highest BCUT2D eigenvalue weighted by Crippen LogP contribution is 2.29. The Hall–Kier alpha value is -0.0800. The summed E-state index contributed by atoms with van der Waals surface area (Å²) < 4.78 is 0. The van der Waals surface area contributed by atoms with Crippen LogP contribution in [0.15, 0.2) is 0 Å². The quantitative estimate of drug-likeness (QED) is 0.806. The van der Waals surface area contributed by atoms with Crippen molar-refractivity contribution in [3.8, 4) is 0 Å². The maximum absolute atomic E-state index is 3.76. The lowest BCUT2D eigenvalue weighted by atomic mass is 9.92. The van der Waals surface area contributed by atoms with Crippen molar-refractivity contribution in [3.63, 3.8) is 0 Å². The van der Waals surface area contributed by atoms with Gasteiger partial charge in [-0.3, -0.25) is 4.90 Å². The summed E-state index contributed by atoms with van der Waals surface area (Å²) in [6.07, 6.45) is 9.92. The highest BCUT2D eigenvalue weighted by molar-refractivity contribution is 4.94. The molecule has 0 aromatic heterocycles. The molecule has 1 aliphatic carbocycles. The minimum absolute atomic E-state index is 0.349. The van der Waals surface area contributed by atoms with E-state index in [2.05, 4.69) is 31.0 Å². The number of nitrogens with zero attached hydrogens (tertiary/aromatic N) is 1. The molecule has 0 amide bonds. The summed E-state index contributed by atoms with van der Waals surface area (Å²) in [5, 5.41) is 3.76. The van der Waals surface area contributed by atoms with Crippen molar-refractivity contribution in [1.29, 1.82) is 0 Å². The number of nitrogens with one attached hydrogen (secondary N) is 1. The van der Waals surface area contributed by atoms with E-state index in [-0.39, 0.29) is 0 Å². The average molecular weight is 252 g/mol. The maximum atomic E-state index is 3.76. The topological polar surface area (TPSA) is 15.3 Å². The van der Waals surface area contributed by atoms with Gasteiger partial charge in [-0.2, -0.15) is 0 Å². The van der Waals surface area contributed by atoms with E-state index < -0.39 is 0 Å². The minimum atomic E-state index is 0.349. The molecule has 1 N–H and O–H groups in total. The lowest BCUT2D eigenvalue weighted by molar-refractivity contribution is 0.0768. The molecule has 0 aromatic rings. The summed E-state index contributed by atoms with van der Waals surface area (Å²) in [6.45, 7) is 10.8. The van der Waals surface area contributed by atoms with Crippen LogP contribution in [0.1, 0.15) is 65.7 Å². The Labute approximate surface area is 114 Å². The third kappa shape index (κ3) is 3.48. The van der Waals surface area contributed by atoms with Crippen LogP contribution in [0.4, 0.5) is 0 Å². The van der Waals surface area contributed by atoms with E-state index in [0.717, 1.165) is 12.0 Å². The molecular weight excluding hydrogens is 220 g/mol. The van der Waals surface area contributed by atoms with Crippen molar-refractivity contribution in [3.05, 3.63) is 0 Å². The van der Waals surface area contributed by atoms with Gasteiger partial charge in [0.25, 0.3) is 0 Å². The summed E-state index contributed by atoms with van der Waals surface area (Å²) in [5.74, 6) is 1.03. The smallest absolute Gasteiger partial charge is 0.0278 e. The molecule has 0 spiro atoms. The van der Waals surface area contributed by atoms with Crippen LogP contribution in [0.5, 0.6) is 0 Å². The van der Waals surface area contributed by atoms with E-state index in [1.807, 2.05) is 0 Å². The van der Waals surface area contributed by atoms with Crippen LogP contribution in [0.3, 0.4) is 0 Å². The lowest BCUT2D eigenvalue weighted by Crippen LogP contribution is -2.62. The van der Waals surface area contributed by atoms with Crippen molar-refractivity contribution in [2.45, 2.75) is 77.3 Å². The fourth-order valence-electron chi connectivity index (χ4n) is 3.67. The van der Waals surface area contributed by atoms with Gasteiger partial charge in [0.1, 0.15) is 0 Å². The number of piperazine rings is 1. The molecule has 2 rings (SSSR count). The second-order valence-corrected chi connectivity index (χ2v) is 6.77. The zero-order chi connectivity index (χ0) is 13.0. The van der Waals surface area contributed by atoms with Crippen molar-refractivity contribution >= 4 is 0 Å². The zero-order valence-corrected chi connectivity index (χ0v) is 12.7. The van der Waals surface area contributed by atoms with Crippen LogP contribution in [-0.4, -0.2) is 36.1 Å². The third-order valence-corrected chi connectivity index (χ3v) is 5.38. The molecule has 2 unspecified atom stereocenters. The van der Waals surface area contributed by atoms with E-state index in [1.165, 1.54) is 64.6 Å². The molecule has 0 aromatic carbocycles. The fourth-order valence-corrected chi connectivity index (χ4v) is 3.67. The molecule has 0 bridgehead atoms. The molecule has 0 radical (unpaired) electrons. The second kappa shape index (κ2) is 6.38. The second-order valence-electron chi connectivity index (χ2n) is 6.77.